The van der Waals surface area contributed by atoms with Crippen LogP contribution in [-0.4, -0.2) is 29.0 Å². The van der Waals surface area contributed by atoms with Crippen LogP contribution >= 0.6 is 0 Å². The van der Waals surface area contributed by atoms with Gasteiger partial charge in [0.15, 0.2) is 0 Å². The van der Waals surface area contributed by atoms with Crippen LogP contribution in [0.1, 0.15) is 39.2 Å². The molecule has 22 heavy (non-hydrogen) atoms. The molecule has 2 atom stereocenters. The number of esters is 1. The van der Waals surface area contributed by atoms with Crippen LogP contribution in [0.2, 0.25) is 0 Å². The van der Waals surface area contributed by atoms with E-state index in [4.69, 9.17) is 9.47 Å². The molecule has 122 valence electrons. The molecule has 0 aromatic heterocycles. The van der Waals surface area contributed by atoms with Crippen molar-refractivity contribution < 1.29 is 18.8 Å². The average molecular weight is 325 g/mol. The van der Waals surface area contributed by atoms with Gasteiger partial charge in [0.1, 0.15) is 16.0 Å². The summed E-state index contributed by atoms with van der Waals surface area (Å²) in [7, 11) is 1.36. The van der Waals surface area contributed by atoms with Crippen molar-refractivity contribution in [3.63, 3.8) is 0 Å². The number of nitrogens with one attached hydrogen (secondary N) is 1. The number of hydrogen-bond donors (Lipinski definition) is 1. The molecule has 2 rings (SSSR count). The SMILES string of the molecule is COC(=O)CC1(N[S+]([O-])C(C)(C)C)CCOc2ccccc21. The Balaban J connectivity index is 2.41. The zero-order chi connectivity index (χ0) is 16.4. The molecule has 0 amide bonds. The van der Waals surface area contributed by atoms with Gasteiger partial charge in [-0.3, -0.25) is 4.79 Å². The minimum absolute atomic E-state index is 0.117. The summed E-state index contributed by atoms with van der Waals surface area (Å²) >= 11 is -1.31. The maximum Gasteiger partial charge on any atom is 0.307 e. The number of hydrogen-bond acceptors (Lipinski definition) is 5. The van der Waals surface area contributed by atoms with Crippen molar-refractivity contribution in [2.75, 3.05) is 13.7 Å². The molecule has 0 aliphatic carbocycles. The minimum atomic E-state index is -1.31. The highest BCUT2D eigenvalue weighted by Crippen LogP contribution is 2.40. The third kappa shape index (κ3) is 3.56. The first-order valence-corrected chi connectivity index (χ1v) is 8.42. The normalized spacial score (nSPS) is 22.4. The summed E-state index contributed by atoms with van der Waals surface area (Å²) < 4.78 is 25.9. The van der Waals surface area contributed by atoms with Crippen LogP contribution < -0.4 is 9.46 Å². The summed E-state index contributed by atoms with van der Waals surface area (Å²) in [6.07, 6.45) is 0.673. The summed E-state index contributed by atoms with van der Waals surface area (Å²) in [4.78, 5) is 11.9. The highest BCUT2D eigenvalue weighted by Gasteiger charge is 2.45. The van der Waals surface area contributed by atoms with E-state index in [0.717, 1.165) is 11.3 Å². The average Bonchev–Trinajstić information content (AvgIpc) is 2.46. The molecule has 2 unspecified atom stereocenters. The molecule has 1 aliphatic rings. The highest BCUT2D eigenvalue weighted by atomic mass is 32.2. The molecule has 0 spiro atoms. The van der Waals surface area contributed by atoms with Gasteiger partial charge in [0, 0.05) is 23.3 Å². The minimum Gasteiger partial charge on any atom is -0.598 e. The lowest BCUT2D eigenvalue weighted by molar-refractivity contribution is -0.142. The fourth-order valence-electron chi connectivity index (χ4n) is 2.43. The summed E-state index contributed by atoms with van der Waals surface area (Å²) in [6, 6.07) is 7.54. The van der Waals surface area contributed by atoms with E-state index in [2.05, 4.69) is 4.72 Å². The van der Waals surface area contributed by atoms with E-state index in [1.165, 1.54) is 7.11 Å². The van der Waals surface area contributed by atoms with E-state index in [9.17, 15) is 9.35 Å². The number of ether oxygens (including phenoxy) is 2. The standard InChI is InChI=1S/C16H23NO4S/c1-15(2,3)22(19)17-16(11-14(18)20-4)9-10-21-13-8-6-5-7-12(13)16/h5-8,17H,9-11H2,1-4H3. The number of carbonyl (C=O) groups excluding carboxylic acids is 1. The first-order valence-electron chi connectivity index (χ1n) is 7.27. The first kappa shape index (κ1) is 17.1. The van der Waals surface area contributed by atoms with Crippen LogP contribution in [0.15, 0.2) is 24.3 Å². The fraction of sp³-hybridized carbons (Fsp3) is 0.562. The molecule has 0 radical (unpaired) electrons. The predicted molar refractivity (Wildman–Crippen MR) is 85.9 cm³/mol. The Morgan fingerprint density at radius 1 is 1.45 bits per heavy atom. The molecule has 0 saturated carbocycles. The second-order valence-corrected chi connectivity index (χ2v) is 8.38. The molecular formula is C16H23NO4S. The maximum absolute atomic E-state index is 12.6. The summed E-state index contributed by atoms with van der Waals surface area (Å²) in [5.74, 6) is 0.381. The smallest absolute Gasteiger partial charge is 0.307 e. The van der Waals surface area contributed by atoms with Gasteiger partial charge >= 0.3 is 5.97 Å². The van der Waals surface area contributed by atoms with E-state index >= 15 is 0 Å². The number of methoxy groups -OCH3 is 1. The van der Waals surface area contributed by atoms with E-state index < -0.39 is 21.6 Å². The Kier molecular flexibility index (Phi) is 5.04. The lowest BCUT2D eigenvalue weighted by atomic mass is 9.82. The van der Waals surface area contributed by atoms with Gasteiger partial charge in [-0.15, -0.1) is 4.72 Å². The molecular weight excluding hydrogens is 302 g/mol. The van der Waals surface area contributed by atoms with Crippen LogP contribution in [0.5, 0.6) is 5.75 Å². The van der Waals surface area contributed by atoms with Crippen molar-refractivity contribution >= 4 is 17.3 Å². The molecule has 1 N–H and O–H groups in total. The number of carbonyl (C=O) groups is 1. The second kappa shape index (κ2) is 6.48. The van der Waals surface area contributed by atoms with E-state index in [-0.39, 0.29) is 12.4 Å². The summed E-state index contributed by atoms with van der Waals surface area (Å²) in [6.45, 7) is 6.15. The third-order valence-corrected chi connectivity index (χ3v) is 5.40. The Labute approximate surface area is 134 Å². The van der Waals surface area contributed by atoms with Crippen LogP contribution in [-0.2, 0) is 26.4 Å². The van der Waals surface area contributed by atoms with Gasteiger partial charge in [-0.1, -0.05) is 18.2 Å². The number of fused-ring (bicyclic) bond motifs is 1. The van der Waals surface area contributed by atoms with E-state index in [0.29, 0.717) is 13.0 Å². The topological polar surface area (TPSA) is 70.6 Å². The summed E-state index contributed by atoms with van der Waals surface area (Å²) in [5, 5.41) is 0. The third-order valence-electron chi connectivity index (χ3n) is 3.71. The van der Waals surface area contributed by atoms with Crippen molar-refractivity contribution in [1.82, 2.24) is 4.72 Å². The Hall–Kier alpha value is -1.24. The molecule has 0 saturated heterocycles. The van der Waals surface area contributed by atoms with Gasteiger partial charge in [-0.25, -0.2) is 0 Å². The van der Waals surface area contributed by atoms with Crippen molar-refractivity contribution in [3.05, 3.63) is 29.8 Å². The van der Waals surface area contributed by atoms with Gasteiger partial charge in [-0.2, -0.15) is 0 Å². The molecule has 6 heteroatoms. The Morgan fingerprint density at radius 2 is 2.14 bits per heavy atom. The van der Waals surface area contributed by atoms with Gasteiger partial charge in [0.25, 0.3) is 0 Å². The van der Waals surface area contributed by atoms with Crippen molar-refractivity contribution in [2.24, 2.45) is 0 Å². The molecule has 1 aromatic rings. The molecule has 1 heterocycles. The largest absolute Gasteiger partial charge is 0.598 e. The van der Waals surface area contributed by atoms with E-state index in [1.54, 1.807) is 0 Å². The zero-order valence-corrected chi connectivity index (χ0v) is 14.3. The summed E-state index contributed by atoms with van der Waals surface area (Å²) in [5.41, 5.74) is 0.115. The molecule has 1 aromatic carbocycles. The number of rotatable bonds is 4. The van der Waals surface area contributed by atoms with Crippen LogP contribution in [0.4, 0.5) is 0 Å². The maximum atomic E-state index is 12.6. The molecule has 0 fully saturated rings. The predicted octanol–water partition coefficient (Wildman–Crippen LogP) is 2.28. The lowest BCUT2D eigenvalue weighted by Gasteiger charge is -2.40. The Bertz CT molecular complexity index is 543. The monoisotopic (exact) mass is 325 g/mol. The van der Waals surface area contributed by atoms with Gasteiger partial charge < -0.3 is 14.0 Å². The van der Waals surface area contributed by atoms with Crippen LogP contribution in [0, 0.1) is 0 Å². The van der Waals surface area contributed by atoms with Crippen LogP contribution in [0.3, 0.4) is 0 Å². The first-order chi connectivity index (χ1) is 10.3. The second-order valence-electron chi connectivity index (χ2n) is 6.41. The van der Waals surface area contributed by atoms with Crippen molar-refractivity contribution in [3.8, 4) is 5.75 Å². The highest BCUT2D eigenvalue weighted by molar-refractivity contribution is 7.90. The van der Waals surface area contributed by atoms with Crippen molar-refractivity contribution in [2.45, 2.75) is 43.9 Å². The number of benzene rings is 1. The fourth-order valence-corrected chi connectivity index (χ4v) is 3.38. The van der Waals surface area contributed by atoms with Crippen LogP contribution in [0.25, 0.3) is 0 Å². The van der Waals surface area contributed by atoms with E-state index in [1.807, 2.05) is 45.0 Å². The molecule has 5 nitrogen and oxygen atoms in total. The van der Waals surface area contributed by atoms with Gasteiger partial charge in [0.2, 0.25) is 0 Å². The van der Waals surface area contributed by atoms with Gasteiger partial charge in [0.05, 0.1) is 20.1 Å². The molecule has 1 aliphatic heterocycles. The number of para-hydroxylation sites is 1. The Morgan fingerprint density at radius 3 is 2.77 bits per heavy atom. The lowest BCUT2D eigenvalue weighted by Crippen LogP contribution is -2.54. The van der Waals surface area contributed by atoms with Gasteiger partial charge in [-0.05, 0) is 26.8 Å². The van der Waals surface area contributed by atoms with Crippen molar-refractivity contribution in [1.29, 1.82) is 0 Å². The zero-order valence-electron chi connectivity index (χ0n) is 13.5. The molecule has 0 bridgehead atoms. The quantitative estimate of drug-likeness (QED) is 0.679.